The Morgan fingerprint density at radius 2 is 1.30 bits per heavy atom. The lowest BCUT2D eigenvalue weighted by atomic mass is 9.87. The van der Waals surface area contributed by atoms with Gasteiger partial charge in [-0.3, -0.25) is 4.79 Å². The molecule has 0 spiro atoms. The number of fused-ring (bicyclic) bond motifs is 3. The molecule has 0 saturated heterocycles. The van der Waals surface area contributed by atoms with E-state index in [2.05, 4.69) is 0 Å². The second kappa shape index (κ2) is 11.6. The number of ether oxygens (including phenoxy) is 1. The van der Waals surface area contributed by atoms with E-state index in [-0.39, 0.29) is 34.4 Å². The summed E-state index contributed by atoms with van der Waals surface area (Å²) >= 11 is 0. The lowest BCUT2D eigenvalue weighted by Gasteiger charge is -2.25. The number of carbonyl (C=O) groups excluding carboxylic acids is 1. The molecular formula is C32H24F6O6S2. The SMILES string of the molecule is CC(=O)Oc1ccc(-c2c(CCc3ccc(C)cc3)c(S(=O)(=O)C(F)(F)F)c(S(=O)(=O)C(F)(F)F)c3c2-c2ccccc2C3)cc1. The summed E-state index contributed by atoms with van der Waals surface area (Å²) in [4.78, 5) is 7.59. The van der Waals surface area contributed by atoms with Crippen LogP contribution in [0.4, 0.5) is 26.3 Å². The lowest BCUT2D eigenvalue weighted by Crippen LogP contribution is -2.31. The van der Waals surface area contributed by atoms with Crippen molar-refractivity contribution in [3.63, 3.8) is 0 Å². The molecule has 0 aromatic heterocycles. The van der Waals surface area contributed by atoms with Crippen molar-refractivity contribution in [1.29, 1.82) is 0 Å². The van der Waals surface area contributed by atoms with Gasteiger partial charge in [-0.15, -0.1) is 0 Å². The third kappa shape index (κ3) is 5.79. The van der Waals surface area contributed by atoms with Crippen LogP contribution in [0.3, 0.4) is 0 Å². The van der Waals surface area contributed by atoms with E-state index in [1.54, 1.807) is 31.2 Å². The molecule has 0 amide bonds. The van der Waals surface area contributed by atoms with E-state index in [4.69, 9.17) is 4.74 Å². The van der Waals surface area contributed by atoms with Crippen molar-refractivity contribution in [3.05, 3.63) is 101 Å². The van der Waals surface area contributed by atoms with Crippen LogP contribution in [0.15, 0.2) is 82.6 Å². The van der Waals surface area contributed by atoms with Gasteiger partial charge in [0.2, 0.25) is 0 Å². The van der Waals surface area contributed by atoms with E-state index >= 15 is 0 Å². The minimum absolute atomic E-state index is 0.0360. The molecule has 4 aromatic carbocycles. The summed E-state index contributed by atoms with van der Waals surface area (Å²) in [6.45, 7) is 2.91. The Hall–Kier alpha value is -4.17. The van der Waals surface area contributed by atoms with Crippen LogP contribution in [0.25, 0.3) is 22.3 Å². The topological polar surface area (TPSA) is 94.6 Å². The Morgan fingerprint density at radius 1 is 0.739 bits per heavy atom. The zero-order valence-corrected chi connectivity index (χ0v) is 25.7. The molecule has 0 aliphatic heterocycles. The fourth-order valence-electron chi connectivity index (χ4n) is 5.61. The van der Waals surface area contributed by atoms with Crippen LogP contribution in [0.1, 0.15) is 34.7 Å². The van der Waals surface area contributed by atoms with Crippen LogP contribution in [0.2, 0.25) is 0 Å². The van der Waals surface area contributed by atoms with Gasteiger partial charge in [0.1, 0.15) is 5.75 Å². The number of hydrogen-bond donors (Lipinski definition) is 0. The first-order chi connectivity index (χ1) is 21.3. The van der Waals surface area contributed by atoms with Gasteiger partial charge in [-0.2, -0.15) is 26.3 Å². The molecular weight excluding hydrogens is 658 g/mol. The van der Waals surface area contributed by atoms with Gasteiger partial charge in [-0.25, -0.2) is 16.8 Å². The summed E-state index contributed by atoms with van der Waals surface area (Å²) in [6.07, 6.45) is -1.30. The van der Waals surface area contributed by atoms with Crippen molar-refractivity contribution in [3.8, 4) is 28.0 Å². The normalized spacial score (nSPS) is 13.3. The Labute approximate surface area is 260 Å². The molecule has 0 heterocycles. The highest BCUT2D eigenvalue weighted by Gasteiger charge is 2.57. The third-order valence-corrected chi connectivity index (χ3v) is 10.9. The Balaban J connectivity index is 1.99. The molecule has 14 heteroatoms. The van der Waals surface area contributed by atoms with Gasteiger partial charge in [0, 0.05) is 13.3 Å². The van der Waals surface area contributed by atoms with Crippen molar-refractivity contribution >= 4 is 25.6 Å². The summed E-state index contributed by atoms with van der Waals surface area (Å²) in [5.74, 6) is -0.643. The Morgan fingerprint density at radius 3 is 1.87 bits per heavy atom. The number of alkyl halides is 6. The average Bonchev–Trinajstić information content (AvgIpc) is 3.34. The molecule has 0 N–H and O–H groups in total. The molecule has 5 rings (SSSR count). The zero-order chi connectivity index (χ0) is 33.8. The van der Waals surface area contributed by atoms with E-state index in [1.165, 1.54) is 48.5 Å². The third-order valence-electron chi connectivity index (χ3n) is 7.60. The maximum Gasteiger partial charge on any atom is 0.501 e. The summed E-state index contributed by atoms with van der Waals surface area (Å²) in [5.41, 5.74) is -12.1. The summed E-state index contributed by atoms with van der Waals surface area (Å²) in [6, 6.07) is 17.8. The molecule has 4 aromatic rings. The maximum atomic E-state index is 14.4. The van der Waals surface area contributed by atoms with E-state index in [0.29, 0.717) is 11.1 Å². The number of aryl methyl sites for hydroxylation is 2. The second-order valence-electron chi connectivity index (χ2n) is 10.7. The predicted molar refractivity (Wildman–Crippen MR) is 156 cm³/mol. The van der Waals surface area contributed by atoms with Gasteiger partial charge in [-0.1, -0.05) is 66.2 Å². The molecule has 46 heavy (non-hydrogen) atoms. The van der Waals surface area contributed by atoms with E-state index in [9.17, 15) is 48.0 Å². The highest BCUT2D eigenvalue weighted by molar-refractivity contribution is 7.95. The van der Waals surface area contributed by atoms with Crippen LogP contribution in [0, 0.1) is 6.92 Å². The van der Waals surface area contributed by atoms with Crippen molar-refractivity contribution in [2.24, 2.45) is 0 Å². The number of esters is 1. The first-order valence-corrected chi connectivity index (χ1v) is 16.6. The van der Waals surface area contributed by atoms with Crippen molar-refractivity contribution < 1.29 is 52.7 Å². The van der Waals surface area contributed by atoms with Gasteiger partial charge < -0.3 is 4.74 Å². The van der Waals surface area contributed by atoms with Gasteiger partial charge in [0.05, 0.1) is 9.79 Å². The number of halogens is 6. The highest BCUT2D eigenvalue weighted by Crippen LogP contribution is 2.54. The van der Waals surface area contributed by atoms with E-state index in [1.807, 2.05) is 0 Å². The van der Waals surface area contributed by atoms with Gasteiger partial charge >= 0.3 is 17.0 Å². The molecule has 0 saturated carbocycles. The molecule has 6 nitrogen and oxygen atoms in total. The zero-order valence-electron chi connectivity index (χ0n) is 24.1. The Bertz CT molecular complexity index is 2070. The van der Waals surface area contributed by atoms with E-state index < -0.39 is 70.4 Å². The van der Waals surface area contributed by atoms with E-state index in [0.717, 1.165) is 12.5 Å². The summed E-state index contributed by atoms with van der Waals surface area (Å²) < 4.78 is 144. The molecule has 0 unspecified atom stereocenters. The van der Waals surface area contributed by atoms with Crippen molar-refractivity contribution in [1.82, 2.24) is 0 Å². The molecule has 0 radical (unpaired) electrons. The molecule has 1 aliphatic rings. The number of sulfone groups is 2. The van der Waals surface area contributed by atoms with Crippen LogP contribution >= 0.6 is 0 Å². The summed E-state index contributed by atoms with van der Waals surface area (Å²) in [7, 11) is -13.4. The molecule has 242 valence electrons. The number of rotatable bonds is 7. The first-order valence-electron chi connectivity index (χ1n) is 13.6. The smallest absolute Gasteiger partial charge is 0.427 e. The molecule has 0 fully saturated rings. The molecule has 1 aliphatic carbocycles. The highest BCUT2D eigenvalue weighted by atomic mass is 32.2. The average molecular weight is 683 g/mol. The predicted octanol–water partition coefficient (Wildman–Crippen LogP) is 7.53. The molecule has 0 bridgehead atoms. The lowest BCUT2D eigenvalue weighted by molar-refractivity contribution is -0.131. The van der Waals surface area contributed by atoms with Gasteiger partial charge in [0.25, 0.3) is 19.7 Å². The van der Waals surface area contributed by atoms with Gasteiger partial charge in [0.15, 0.2) is 0 Å². The minimum Gasteiger partial charge on any atom is -0.427 e. The first kappa shape index (κ1) is 33.2. The Kier molecular flexibility index (Phi) is 8.35. The standard InChI is InChI=1S/C32H24F6O6S2/c1-18-7-9-20(10-8-18)11-16-25-27(21-12-14-23(15-13-21)44-19(2)39)28-24-6-4-3-5-22(24)17-26(28)30(46(42,43)32(36,37)38)29(25)45(40,41)31(33,34)35/h3-10,12-15H,11,16-17H2,1-2H3. The van der Waals surface area contributed by atoms with Crippen LogP contribution in [0.5, 0.6) is 5.75 Å². The van der Waals surface area contributed by atoms with Crippen molar-refractivity contribution in [2.45, 2.75) is 53.9 Å². The molecule has 0 atom stereocenters. The number of carbonyl (C=O) groups is 1. The second-order valence-corrected chi connectivity index (χ2v) is 14.5. The number of benzene rings is 4. The fraction of sp³-hybridized carbons (Fsp3) is 0.219. The minimum atomic E-state index is -6.70. The van der Waals surface area contributed by atoms with Crippen molar-refractivity contribution in [2.75, 3.05) is 0 Å². The van der Waals surface area contributed by atoms with Crippen LogP contribution in [-0.4, -0.2) is 33.8 Å². The quantitative estimate of drug-likeness (QED) is 0.100. The largest absolute Gasteiger partial charge is 0.501 e. The van der Waals surface area contributed by atoms with Crippen LogP contribution in [-0.2, 0) is 43.7 Å². The number of hydrogen-bond acceptors (Lipinski definition) is 6. The fourth-order valence-corrected chi connectivity index (χ4v) is 8.50. The maximum absolute atomic E-state index is 14.4. The van der Waals surface area contributed by atoms with Crippen LogP contribution < -0.4 is 4.74 Å². The van der Waals surface area contributed by atoms with Gasteiger partial charge in [-0.05, 0) is 76.4 Å². The monoisotopic (exact) mass is 682 g/mol. The summed E-state index contributed by atoms with van der Waals surface area (Å²) in [5, 5.41) is 0.